The van der Waals surface area contributed by atoms with Crippen molar-refractivity contribution in [2.45, 2.75) is 27.2 Å². The number of rotatable bonds is 3. The van der Waals surface area contributed by atoms with E-state index in [1.807, 2.05) is 0 Å². The summed E-state index contributed by atoms with van der Waals surface area (Å²) in [5.41, 5.74) is 9.38. The Bertz CT molecular complexity index is 1090. The first-order chi connectivity index (χ1) is 12.6. The van der Waals surface area contributed by atoms with Gasteiger partial charge in [0.2, 0.25) is 0 Å². The van der Waals surface area contributed by atoms with Crippen LogP contribution < -0.4 is 0 Å². The maximum Gasteiger partial charge on any atom is -0.00194 e. The van der Waals surface area contributed by atoms with Crippen molar-refractivity contribution in [3.63, 3.8) is 0 Å². The van der Waals surface area contributed by atoms with Crippen LogP contribution in [0.5, 0.6) is 0 Å². The Hall–Kier alpha value is -2.86. The van der Waals surface area contributed by atoms with Gasteiger partial charge in [-0.25, -0.2) is 0 Å². The number of hydrogen-bond donors (Lipinski definition) is 0. The third kappa shape index (κ3) is 3.28. The summed E-state index contributed by atoms with van der Waals surface area (Å²) in [6.45, 7) is 6.51. The molecule has 0 aliphatic carbocycles. The maximum absolute atomic E-state index is 2.33. The summed E-state index contributed by atoms with van der Waals surface area (Å²) < 4.78 is 0. The monoisotopic (exact) mass is 336 g/mol. The summed E-state index contributed by atoms with van der Waals surface area (Å²) in [6.07, 6.45) is 0.952. The predicted molar refractivity (Wildman–Crippen MR) is 113 cm³/mol. The van der Waals surface area contributed by atoms with Crippen molar-refractivity contribution in [2.75, 3.05) is 0 Å². The minimum atomic E-state index is 0.952. The SMILES string of the molecule is Cc1ccc(Cc2ccc3cc(C)ccc3c2)c(-c2ccccc2C)c1. The van der Waals surface area contributed by atoms with E-state index in [0.29, 0.717) is 0 Å². The van der Waals surface area contributed by atoms with Crippen LogP contribution in [-0.2, 0) is 6.42 Å². The smallest absolute Gasteiger partial charge is 0.00194 e. The molecule has 0 atom stereocenters. The molecule has 0 nitrogen and oxygen atoms in total. The summed E-state index contributed by atoms with van der Waals surface area (Å²) >= 11 is 0. The number of fused-ring (bicyclic) bond motifs is 1. The summed E-state index contributed by atoms with van der Waals surface area (Å²) in [5, 5.41) is 2.63. The van der Waals surface area contributed by atoms with Crippen LogP contribution in [-0.4, -0.2) is 0 Å². The molecule has 0 unspecified atom stereocenters. The van der Waals surface area contributed by atoms with Gasteiger partial charge in [-0.1, -0.05) is 90.0 Å². The Morgan fingerprint density at radius 2 is 1.27 bits per heavy atom. The molecule has 0 aliphatic rings. The highest BCUT2D eigenvalue weighted by Gasteiger charge is 2.09. The van der Waals surface area contributed by atoms with Crippen LogP contribution in [0.25, 0.3) is 21.9 Å². The van der Waals surface area contributed by atoms with Gasteiger partial charge in [0.1, 0.15) is 0 Å². The lowest BCUT2D eigenvalue weighted by Gasteiger charge is -2.14. The summed E-state index contributed by atoms with van der Waals surface area (Å²) in [6, 6.07) is 29.0. The molecular weight excluding hydrogens is 312 g/mol. The average Bonchev–Trinajstić information content (AvgIpc) is 2.64. The average molecular weight is 336 g/mol. The van der Waals surface area contributed by atoms with Crippen LogP contribution in [0, 0.1) is 20.8 Å². The Kier molecular flexibility index (Phi) is 4.34. The highest BCUT2D eigenvalue weighted by atomic mass is 14.1. The third-order valence-electron chi connectivity index (χ3n) is 5.16. The zero-order valence-electron chi connectivity index (χ0n) is 15.7. The lowest BCUT2D eigenvalue weighted by molar-refractivity contribution is 1.19. The standard InChI is InChI=1S/C26H24/c1-18-8-11-23-16-21(10-13-22(23)14-18)17-24-12-9-19(2)15-26(24)25-7-5-4-6-20(25)3/h4-16H,17H2,1-3H3. The van der Waals surface area contributed by atoms with Gasteiger partial charge in [0.25, 0.3) is 0 Å². The van der Waals surface area contributed by atoms with Gasteiger partial charge >= 0.3 is 0 Å². The van der Waals surface area contributed by atoms with Crippen LogP contribution in [0.15, 0.2) is 78.9 Å². The maximum atomic E-state index is 2.33. The van der Waals surface area contributed by atoms with Crippen LogP contribution in [0.4, 0.5) is 0 Å². The van der Waals surface area contributed by atoms with Crippen molar-refractivity contribution in [1.82, 2.24) is 0 Å². The van der Waals surface area contributed by atoms with Crippen molar-refractivity contribution in [1.29, 1.82) is 0 Å². The molecule has 0 N–H and O–H groups in total. The number of benzene rings is 4. The quantitative estimate of drug-likeness (QED) is 0.377. The molecule has 0 amide bonds. The van der Waals surface area contributed by atoms with E-state index < -0.39 is 0 Å². The van der Waals surface area contributed by atoms with Gasteiger partial charge in [0, 0.05) is 0 Å². The van der Waals surface area contributed by atoms with Gasteiger partial charge in [-0.3, -0.25) is 0 Å². The van der Waals surface area contributed by atoms with Crippen LogP contribution in [0.3, 0.4) is 0 Å². The normalized spacial score (nSPS) is 11.0. The van der Waals surface area contributed by atoms with Gasteiger partial charge in [0.05, 0.1) is 0 Å². The zero-order chi connectivity index (χ0) is 18.1. The number of hydrogen-bond acceptors (Lipinski definition) is 0. The number of aryl methyl sites for hydroxylation is 3. The first-order valence-corrected chi connectivity index (χ1v) is 9.25. The van der Waals surface area contributed by atoms with Gasteiger partial charge in [-0.2, -0.15) is 0 Å². The van der Waals surface area contributed by atoms with Crippen LogP contribution >= 0.6 is 0 Å². The fourth-order valence-electron chi connectivity index (χ4n) is 3.71. The van der Waals surface area contributed by atoms with E-state index in [1.54, 1.807) is 0 Å². The molecule has 0 heteroatoms. The second-order valence-electron chi connectivity index (χ2n) is 7.34. The molecule has 4 aromatic rings. The van der Waals surface area contributed by atoms with E-state index in [1.165, 1.54) is 49.7 Å². The second-order valence-corrected chi connectivity index (χ2v) is 7.34. The molecule has 0 heterocycles. The Balaban J connectivity index is 1.77. The molecule has 0 saturated carbocycles. The van der Waals surface area contributed by atoms with E-state index >= 15 is 0 Å². The molecule has 0 aliphatic heterocycles. The Labute approximate surface area is 156 Å². The van der Waals surface area contributed by atoms with Crippen molar-refractivity contribution in [3.8, 4) is 11.1 Å². The molecular formula is C26H24. The van der Waals surface area contributed by atoms with E-state index in [0.717, 1.165) is 6.42 Å². The topological polar surface area (TPSA) is 0 Å². The second kappa shape index (κ2) is 6.80. The molecule has 4 rings (SSSR count). The largest absolute Gasteiger partial charge is 0.0620 e. The summed E-state index contributed by atoms with van der Waals surface area (Å²) in [5.74, 6) is 0. The molecule has 0 spiro atoms. The molecule has 128 valence electrons. The first kappa shape index (κ1) is 16.6. The van der Waals surface area contributed by atoms with Crippen molar-refractivity contribution in [3.05, 3.63) is 107 Å². The van der Waals surface area contributed by atoms with Crippen molar-refractivity contribution in [2.24, 2.45) is 0 Å². The molecule has 0 bridgehead atoms. The van der Waals surface area contributed by atoms with Crippen LogP contribution in [0.2, 0.25) is 0 Å². The lowest BCUT2D eigenvalue weighted by Crippen LogP contribution is -1.95. The fraction of sp³-hybridized carbons (Fsp3) is 0.154. The minimum Gasteiger partial charge on any atom is -0.0620 e. The van der Waals surface area contributed by atoms with Crippen LogP contribution in [0.1, 0.15) is 27.8 Å². The molecule has 0 fully saturated rings. The fourth-order valence-corrected chi connectivity index (χ4v) is 3.71. The van der Waals surface area contributed by atoms with Crippen molar-refractivity contribution >= 4 is 10.8 Å². The highest BCUT2D eigenvalue weighted by molar-refractivity contribution is 5.84. The Morgan fingerprint density at radius 3 is 2.12 bits per heavy atom. The lowest BCUT2D eigenvalue weighted by atomic mass is 9.91. The van der Waals surface area contributed by atoms with E-state index in [-0.39, 0.29) is 0 Å². The Morgan fingerprint density at radius 1 is 0.577 bits per heavy atom. The first-order valence-electron chi connectivity index (χ1n) is 9.25. The van der Waals surface area contributed by atoms with Gasteiger partial charge in [-0.15, -0.1) is 0 Å². The molecule has 0 aromatic heterocycles. The highest BCUT2D eigenvalue weighted by Crippen LogP contribution is 2.30. The van der Waals surface area contributed by atoms with Gasteiger partial charge in [-0.05, 0) is 65.8 Å². The van der Waals surface area contributed by atoms with E-state index in [4.69, 9.17) is 0 Å². The third-order valence-corrected chi connectivity index (χ3v) is 5.16. The summed E-state index contributed by atoms with van der Waals surface area (Å²) in [7, 11) is 0. The van der Waals surface area contributed by atoms with E-state index in [9.17, 15) is 0 Å². The summed E-state index contributed by atoms with van der Waals surface area (Å²) in [4.78, 5) is 0. The van der Waals surface area contributed by atoms with Crippen molar-refractivity contribution < 1.29 is 0 Å². The molecule has 26 heavy (non-hydrogen) atoms. The van der Waals surface area contributed by atoms with Gasteiger partial charge in [0.15, 0.2) is 0 Å². The molecule has 0 radical (unpaired) electrons. The predicted octanol–water partition coefficient (Wildman–Crippen LogP) is 7.02. The zero-order valence-corrected chi connectivity index (χ0v) is 15.7. The minimum absolute atomic E-state index is 0.952. The molecule has 0 saturated heterocycles. The van der Waals surface area contributed by atoms with Gasteiger partial charge < -0.3 is 0 Å². The molecule has 4 aromatic carbocycles. The van der Waals surface area contributed by atoms with E-state index in [2.05, 4.69) is 99.6 Å².